The van der Waals surface area contributed by atoms with E-state index in [9.17, 15) is 19.1 Å². The van der Waals surface area contributed by atoms with Gasteiger partial charge in [0, 0.05) is 37.4 Å². The minimum absolute atomic E-state index is 0.0244. The molecule has 2 aromatic heterocycles. The summed E-state index contributed by atoms with van der Waals surface area (Å²) < 4.78 is 14.6. The molecule has 0 spiro atoms. The van der Waals surface area contributed by atoms with E-state index in [2.05, 4.69) is 4.98 Å². The van der Waals surface area contributed by atoms with Gasteiger partial charge in [0.25, 0.3) is 5.91 Å². The van der Waals surface area contributed by atoms with E-state index in [1.165, 1.54) is 28.4 Å². The van der Waals surface area contributed by atoms with Gasteiger partial charge in [-0.05, 0) is 17.7 Å². The van der Waals surface area contributed by atoms with Gasteiger partial charge in [-0.2, -0.15) is 0 Å². The number of halogens is 1. The average Bonchev–Trinajstić information content (AvgIpc) is 3.16. The fourth-order valence-corrected chi connectivity index (χ4v) is 3.64. The van der Waals surface area contributed by atoms with Crippen LogP contribution in [0, 0.1) is 5.82 Å². The summed E-state index contributed by atoms with van der Waals surface area (Å²) in [5.41, 5.74) is 0.419. The highest BCUT2D eigenvalue weighted by Crippen LogP contribution is 2.26. The number of fused-ring (bicyclic) bond motifs is 1. The summed E-state index contributed by atoms with van der Waals surface area (Å²) in [7, 11) is 0. The number of nitrogens with zero attached hydrogens (tertiary/aromatic N) is 3. The van der Waals surface area contributed by atoms with E-state index in [-0.39, 0.29) is 23.6 Å². The molecule has 1 amide bonds. The van der Waals surface area contributed by atoms with Crippen molar-refractivity contribution in [2.24, 2.45) is 0 Å². The highest BCUT2D eigenvalue weighted by molar-refractivity contribution is 7.13. The van der Waals surface area contributed by atoms with Crippen LogP contribution in [0.15, 0.2) is 46.8 Å². The van der Waals surface area contributed by atoms with Gasteiger partial charge in [0.05, 0.1) is 5.56 Å². The first-order valence-corrected chi connectivity index (χ1v) is 8.82. The highest BCUT2D eigenvalue weighted by atomic mass is 32.1. The molecule has 4 rings (SSSR count). The molecule has 0 bridgehead atoms. The lowest BCUT2D eigenvalue weighted by molar-refractivity contribution is 0.0683. The zero-order valence-electron chi connectivity index (χ0n) is 13.6. The molecule has 0 radical (unpaired) electrons. The molecule has 0 saturated carbocycles. The van der Waals surface area contributed by atoms with E-state index in [1.54, 1.807) is 34.5 Å². The van der Waals surface area contributed by atoms with E-state index in [1.807, 2.05) is 0 Å². The van der Waals surface area contributed by atoms with E-state index in [4.69, 9.17) is 0 Å². The van der Waals surface area contributed by atoms with E-state index in [0.29, 0.717) is 18.1 Å². The molecular weight excluding hydrogens is 357 g/mol. The molecule has 1 aliphatic rings. The Morgan fingerprint density at radius 2 is 1.96 bits per heavy atom. The van der Waals surface area contributed by atoms with Crippen LogP contribution in [0.2, 0.25) is 0 Å². The van der Waals surface area contributed by atoms with Gasteiger partial charge in [-0.15, -0.1) is 11.3 Å². The molecule has 0 unspecified atom stereocenters. The molecule has 1 N–H and O–H groups in total. The monoisotopic (exact) mass is 371 g/mol. The lowest BCUT2D eigenvalue weighted by atomic mass is 10.1. The second kappa shape index (κ2) is 6.38. The number of thiazole rings is 1. The first kappa shape index (κ1) is 16.5. The predicted octanol–water partition coefficient (Wildman–Crippen LogP) is 2.47. The number of rotatable bonds is 3. The number of pyridine rings is 1. The fourth-order valence-electron chi connectivity index (χ4n) is 3.00. The Morgan fingerprint density at radius 1 is 1.19 bits per heavy atom. The van der Waals surface area contributed by atoms with Crippen LogP contribution in [0.4, 0.5) is 4.39 Å². The van der Waals surface area contributed by atoms with Crippen molar-refractivity contribution in [2.45, 2.75) is 13.1 Å². The van der Waals surface area contributed by atoms with Gasteiger partial charge in [-0.1, -0.05) is 12.1 Å². The lowest BCUT2D eigenvalue weighted by Gasteiger charge is -2.30. The van der Waals surface area contributed by atoms with Crippen molar-refractivity contribution in [1.82, 2.24) is 14.5 Å². The summed E-state index contributed by atoms with van der Waals surface area (Å²) in [5.74, 6) is -1.34. The Hall–Kier alpha value is -3.00. The third-order valence-electron chi connectivity index (χ3n) is 4.31. The third-order valence-corrected chi connectivity index (χ3v) is 5.11. The normalized spacial score (nSPS) is 13.7. The van der Waals surface area contributed by atoms with Crippen LogP contribution >= 0.6 is 11.3 Å². The topological polar surface area (TPSA) is 75.4 Å². The zero-order valence-corrected chi connectivity index (χ0v) is 14.4. The molecule has 0 saturated heterocycles. The van der Waals surface area contributed by atoms with Crippen LogP contribution in [0.5, 0.6) is 5.75 Å². The van der Waals surface area contributed by atoms with Gasteiger partial charge in [0.15, 0.2) is 11.4 Å². The van der Waals surface area contributed by atoms with E-state index >= 15 is 0 Å². The summed E-state index contributed by atoms with van der Waals surface area (Å²) in [6.45, 7) is 1.14. The second-order valence-corrected chi connectivity index (χ2v) is 6.85. The van der Waals surface area contributed by atoms with Gasteiger partial charge >= 0.3 is 0 Å². The van der Waals surface area contributed by atoms with Crippen molar-refractivity contribution >= 4 is 17.2 Å². The molecule has 6 nitrogen and oxygen atoms in total. The van der Waals surface area contributed by atoms with Gasteiger partial charge < -0.3 is 14.6 Å². The first-order chi connectivity index (χ1) is 12.5. The van der Waals surface area contributed by atoms with Crippen molar-refractivity contribution in [3.63, 3.8) is 0 Å². The Kier molecular flexibility index (Phi) is 4.04. The smallest absolute Gasteiger partial charge is 0.274 e. The van der Waals surface area contributed by atoms with Crippen molar-refractivity contribution in [3.05, 3.63) is 69.3 Å². The van der Waals surface area contributed by atoms with Gasteiger partial charge in [-0.3, -0.25) is 9.59 Å². The minimum atomic E-state index is -0.608. The Balaban J connectivity index is 1.69. The number of carbonyl (C=O) groups excluding carboxylic acids is 1. The van der Waals surface area contributed by atoms with Crippen molar-refractivity contribution in [2.75, 3.05) is 6.54 Å². The number of hydrogen-bond donors (Lipinski definition) is 1. The first-order valence-electron chi connectivity index (χ1n) is 7.94. The number of benzene rings is 1. The maximum atomic E-state index is 13.0. The average molecular weight is 371 g/mol. The van der Waals surface area contributed by atoms with Gasteiger partial charge in [0.2, 0.25) is 5.43 Å². The van der Waals surface area contributed by atoms with Crippen LogP contribution in [0.3, 0.4) is 0 Å². The van der Waals surface area contributed by atoms with Crippen molar-refractivity contribution < 1.29 is 14.3 Å². The van der Waals surface area contributed by atoms with Crippen molar-refractivity contribution in [3.8, 4) is 16.3 Å². The van der Waals surface area contributed by atoms with E-state index < -0.39 is 17.1 Å². The number of amides is 1. The molecule has 8 heteroatoms. The molecule has 132 valence electrons. The van der Waals surface area contributed by atoms with Crippen LogP contribution in [0.25, 0.3) is 10.6 Å². The Labute approximate surface area is 151 Å². The molecule has 3 heterocycles. The third kappa shape index (κ3) is 2.78. The molecule has 26 heavy (non-hydrogen) atoms. The largest absolute Gasteiger partial charge is 0.503 e. The van der Waals surface area contributed by atoms with Crippen LogP contribution < -0.4 is 5.43 Å². The number of hydrogen-bond acceptors (Lipinski definition) is 5. The molecule has 1 aliphatic heterocycles. The number of aromatic nitrogens is 2. The second-order valence-electron chi connectivity index (χ2n) is 5.95. The Bertz CT molecular complexity index is 1030. The quantitative estimate of drug-likeness (QED) is 0.767. The fraction of sp³-hybridized carbons (Fsp3) is 0.167. The Morgan fingerprint density at radius 3 is 2.65 bits per heavy atom. The molecule has 1 aromatic carbocycles. The molecular formula is C18H14FN3O3S. The standard InChI is InChI=1S/C18H14FN3O3S/c19-12-3-1-11(2-4-12)9-22-7-6-21-10-13(17-20-5-8-26-17)15(23)16(24)14(21)18(22)25/h1-5,8,10,24H,6-7,9H2. The maximum Gasteiger partial charge on any atom is 0.274 e. The highest BCUT2D eigenvalue weighted by Gasteiger charge is 2.30. The molecule has 0 fully saturated rings. The minimum Gasteiger partial charge on any atom is -0.503 e. The summed E-state index contributed by atoms with van der Waals surface area (Å²) in [6, 6.07) is 5.88. The summed E-state index contributed by atoms with van der Waals surface area (Å²) in [5, 5.41) is 12.6. The van der Waals surface area contributed by atoms with Gasteiger partial charge in [-0.25, -0.2) is 9.37 Å². The predicted molar refractivity (Wildman–Crippen MR) is 94.6 cm³/mol. The molecule has 0 atom stereocenters. The van der Waals surface area contributed by atoms with Gasteiger partial charge in [0.1, 0.15) is 10.8 Å². The lowest BCUT2D eigenvalue weighted by Crippen LogP contribution is -2.41. The summed E-state index contributed by atoms with van der Waals surface area (Å²) in [6.07, 6.45) is 3.15. The molecule has 3 aromatic rings. The summed E-state index contributed by atoms with van der Waals surface area (Å²) >= 11 is 1.29. The van der Waals surface area contributed by atoms with Crippen LogP contribution in [-0.4, -0.2) is 32.0 Å². The summed E-state index contributed by atoms with van der Waals surface area (Å²) in [4.78, 5) is 30.9. The van der Waals surface area contributed by atoms with Crippen LogP contribution in [0.1, 0.15) is 16.1 Å². The number of aromatic hydroxyl groups is 1. The van der Waals surface area contributed by atoms with E-state index in [0.717, 1.165) is 5.56 Å². The van der Waals surface area contributed by atoms with Crippen molar-refractivity contribution in [1.29, 1.82) is 0 Å². The van der Waals surface area contributed by atoms with Crippen LogP contribution in [-0.2, 0) is 13.1 Å². The number of carbonyl (C=O) groups is 1. The maximum absolute atomic E-state index is 13.0. The zero-order chi connectivity index (χ0) is 18.3. The SMILES string of the molecule is O=C1c2c(O)c(=O)c(-c3nccs3)cn2CCN1Cc1ccc(F)cc1. The molecule has 0 aliphatic carbocycles.